The summed E-state index contributed by atoms with van der Waals surface area (Å²) in [6.45, 7) is 7.09. The lowest BCUT2D eigenvalue weighted by molar-refractivity contribution is 0.0532. The lowest BCUT2D eigenvalue weighted by Crippen LogP contribution is -2.41. The van der Waals surface area contributed by atoms with E-state index in [0.29, 0.717) is 6.10 Å². The van der Waals surface area contributed by atoms with Gasteiger partial charge in [0.05, 0.1) is 12.7 Å². The number of hydrogen-bond acceptors (Lipinski definition) is 2. The van der Waals surface area contributed by atoms with Gasteiger partial charge in [0.1, 0.15) is 0 Å². The van der Waals surface area contributed by atoms with Crippen molar-refractivity contribution in [3.05, 3.63) is 29.8 Å². The minimum absolute atomic E-state index is 0.352. The molecule has 0 spiro atoms. The molecule has 0 radical (unpaired) electrons. The summed E-state index contributed by atoms with van der Waals surface area (Å²) in [7, 11) is 0. The fourth-order valence-corrected chi connectivity index (χ4v) is 1.81. The Balaban J connectivity index is 2.10. The molecule has 2 nitrogen and oxygen atoms in total. The maximum absolute atomic E-state index is 5.51. The van der Waals surface area contributed by atoms with Gasteiger partial charge in [-0.05, 0) is 26.0 Å². The van der Waals surface area contributed by atoms with Gasteiger partial charge >= 0.3 is 0 Å². The minimum atomic E-state index is 0.352. The van der Waals surface area contributed by atoms with Gasteiger partial charge in [0.25, 0.3) is 0 Å². The Morgan fingerprint density at radius 3 is 2.64 bits per heavy atom. The second-order valence-corrected chi connectivity index (χ2v) is 3.96. The molecule has 1 fully saturated rings. The number of morpholine rings is 1. The zero-order valence-corrected chi connectivity index (χ0v) is 8.86. The quantitative estimate of drug-likeness (QED) is 0.675. The van der Waals surface area contributed by atoms with Crippen LogP contribution in [0.5, 0.6) is 0 Å². The van der Waals surface area contributed by atoms with Crippen LogP contribution in [0.3, 0.4) is 0 Å². The first-order valence-electron chi connectivity index (χ1n) is 5.19. The second-order valence-electron chi connectivity index (χ2n) is 3.96. The molecule has 1 atom stereocenters. The largest absolute Gasteiger partial charge is 0.375 e. The van der Waals surface area contributed by atoms with Gasteiger partial charge in [0, 0.05) is 18.8 Å². The van der Waals surface area contributed by atoms with E-state index >= 15 is 0 Å². The van der Waals surface area contributed by atoms with Gasteiger partial charge in [-0.3, -0.25) is 0 Å². The summed E-state index contributed by atoms with van der Waals surface area (Å²) in [5.41, 5.74) is 2.63. The highest BCUT2D eigenvalue weighted by Gasteiger charge is 2.16. The van der Waals surface area contributed by atoms with Crippen LogP contribution in [-0.2, 0) is 4.74 Å². The summed E-state index contributed by atoms with van der Waals surface area (Å²) in [6.07, 6.45) is 0.352. The lowest BCUT2D eigenvalue weighted by atomic mass is 10.2. The second kappa shape index (κ2) is 4.01. The van der Waals surface area contributed by atoms with E-state index in [1.165, 1.54) is 11.3 Å². The molecular formula is C12H17NO. The SMILES string of the molecule is Cc1ccc(N2CCO[C@@H](C)C2)cc1. The monoisotopic (exact) mass is 191 g/mol. The molecular weight excluding hydrogens is 174 g/mol. The Morgan fingerprint density at radius 2 is 2.00 bits per heavy atom. The van der Waals surface area contributed by atoms with Crippen LogP contribution in [0.4, 0.5) is 5.69 Å². The van der Waals surface area contributed by atoms with Crippen LogP contribution in [0, 0.1) is 6.92 Å². The van der Waals surface area contributed by atoms with E-state index in [1.54, 1.807) is 0 Å². The lowest BCUT2D eigenvalue weighted by Gasteiger charge is -2.32. The Labute approximate surface area is 85.5 Å². The third-order valence-corrected chi connectivity index (χ3v) is 2.64. The van der Waals surface area contributed by atoms with E-state index in [4.69, 9.17) is 4.74 Å². The summed E-state index contributed by atoms with van der Waals surface area (Å²) in [5, 5.41) is 0. The maximum Gasteiger partial charge on any atom is 0.0722 e. The Morgan fingerprint density at radius 1 is 1.29 bits per heavy atom. The normalized spacial score (nSPS) is 22.4. The number of anilines is 1. The molecule has 1 saturated heterocycles. The molecule has 14 heavy (non-hydrogen) atoms. The summed E-state index contributed by atoms with van der Waals surface area (Å²) in [5.74, 6) is 0. The van der Waals surface area contributed by atoms with Crippen LogP contribution >= 0.6 is 0 Å². The van der Waals surface area contributed by atoms with Gasteiger partial charge in [-0.1, -0.05) is 17.7 Å². The van der Waals surface area contributed by atoms with Crippen LogP contribution in [0.1, 0.15) is 12.5 Å². The number of aryl methyl sites for hydroxylation is 1. The molecule has 1 heterocycles. The topological polar surface area (TPSA) is 12.5 Å². The highest BCUT2D eigenvalue weighted by molar-refractivity contribution is 5.47. The molecule has 0 saturated carbocycles. The van der Waals surface area contributed by atoms with Crippen molar-refractivity contribution in [2.75, 3.05) is 24.6 Å². The third-order valence-electron chi connectivity index (χ3n) is 2.64. The average Bonchev–Trinajstić information content (AvgIpc) is 2.19. The van der Waals surface area contributed by atoms with Crippen molar-refractivity contribution in [1.29, 1.82) is 0 Å². The van der Waals surface area contributed by atoms with E-state index in [9.17, 15) is 0 Å². The zero-order valence-electron chi connectivity index (χ0n) is 8.86. The smallest absolute Gasteiger partial charge is 0.0722 e. The van der Waals surface area contributed by atoms with Crippen molar-refractivity contribution in [1.82, 2.24) is 0 Å². The van der Waals surface area contributed by atoms with E-state index in [2.05, 4.69) is 43.0 Å². The molecule has 2 heteroatoms. The molecule has 2 rings (SSSR count). The van der Waals surface area contributed by atoms with Crippen molar-refractivity contribution in [3.8, 4) is 0 Å². The number of rotatable bonds is 1. The van der Waals surface area contributed by atoms with Crippen LogP contribution in [0.2, 0.25) is 0 Å². The molecule has 76 valence electrons. The summed E-state index contributed by atoms with van der Waals surface area (Å²) < 4.78 is 5.51. The fourth-order valence-electron chi connectivity index (χ4n) is 1.81. The Hall–Kier alpha value is -1.02. The minimum Gasteiger partial charge on any atom is -0.375 e. The van der Waals surface area contributed by atoms with Crippen molar-refractivity contribution in [2.45, 2.75) is 20.0 Å². The number of nitrogens with zero attached hydrogens (tertiary/aromatic N) is 1. The summed E-state index contributed by atoms with van der Waals surface area (Å²) in [6, 6.07) is 8.70. The molecule has 0 aromatic heterocycles. The molecule has 0 unspecified atom stereocenters. The van der Waals surface area contributed by atoms with Gasteiger partial charge in [-0.15, -0.1) is 0 Å². The number of ether oxygens (including phenoxy) is 1. The zero-order chi connectivity index (χ0) is 9.97. The third kappa shape index (κ3) is 2.07. The maximum atomic E-state index is 5.51. The van der Waals surface area contributed by atoms with Crippen LogP contribution in [0.25, 0.3) is 0 Å². The molecule has 1 aliphatic rings. The van der Waals surface area contributed by atoms with E-state index in [-0.39, 0.29) is 0 Å². The summed E-state index contributed by atoms with van der Waals surface area (Å²) >= 11 is 0. The van der Waals surface area contributed by atoms with Gasteiger partial charge in [0.15, 0.2) is 0 Å². The highest BCUT2D eigenvalue weighted by Crippen LogP contribution is 2.17. The van der Waals surface area contributed by atoms with Crippen molar-refractivity contribution in [2.24, 2.45) is 0 Å². The predicted octanol–water partition coefficient (Wildman–Crippen LogP) is 2.22. The van der Waals surface area contributed by atoms with E-state index in [1.807, 2.05) is 0 Å². The molecule has 1 aliphatic heterocycles. The predicted molar refractivity (Wildman–Crippen MR) is 58.8 cm³/mol. The first kappa shape index (κ1) is 9.53. The van der Waals surface area contributed by atoms with Crippen LogP contribution in [-0.4, -0.2) is 25.8 Å². The van der Waals surface area contributed by atoms with Crippen molar-refractivity contribution in [3.63, 3.8) is 0 Å². The first-order valence-corrected chi connectivity index (χ1v) is 5.19. The molecule has 1 aromatic rings. The highest BCUT2D eigenvalue weighted by atomic mass is 16.5. The Kier molecular flexibility index (Phi) is 2.73. The molecule has 0 N–H and O–H groups in total. The van der Waals surface area contributed by atoms with E-state index < -0.39 is 0 Å². The van der Waals surface area contributed by atoms with E-state index in [0.717, 1.165) is 19.7 Å². The number of hydrogen-bond donors (Lipinski definition) is 0. The first-order chi connectivity index (χ1) is 6.75. The van der Waals surface area contributed by atoms with Gasteiger partial charge < -0.3 is 9.64 Å². The standard InChI is InChI=1S/C12H17NO/c1-10-3-5-12(6-4-10)13-7-8-14-11(2)9-13/h3-6,11H,7-9H2,1-2H3/t11-/m0/s1. The fraction of sp³-hybridized carbons (Fsp3) is 0.500. The van der Waals surface area contributed by atoms with Crippen molar-refractivity contribution < 1.29 is 4.74 Å². The van der Waals surface area contributed by atoms with Crippen molar-refractivity contribution >= 4 is 5.69 Å². The average molecular weight is 191 g/mol. The molecule has 1 aromatic carbocycles. The van der Waals surface area contributed by atoms with Crippen LogP contribution < -0.4 is 4.90 Å². The number of benzene rings is 1. The van der Waals surface area contributed by atoms with Crippen LogP contribution in [0.15, 0.2) is 24.3 Å². The van der Waals surface area contributed by atoms with Gasteiger partial charge in [0.2, 0.25) is 0 Å². The summed E-state index contributed by atoms with van der Waals surface area (Å²) in [4.78, 5) is 2.38. The molecule has 0 bridgehead atoms. The Bertz CT molecular complexity index is 294. The molecule has 0 aliphatic carbocycles. The van der Waals surface area contributed by atoms with Gasteiger partial charge in [-0.25, -0.2) is 0 Å². The van der Waals surface area contributed by atoms with Gasteiger partial charge in [-0.2, -0.15) is 0 Å². The molecule has 0 amide bonds.